The molecule has 1 amide bonds. The molecule has 2 heterocycles. The van der Waals surface area contributed by atoms with Crippen molar-refractivity contribution in [2.45, 2.75) is 24.8 Å². The second-order valence-electron chi connectivity index (χ2n) is 4.75. The molecular formula is C13H13ClFN3O. The normalized spacial score (nSPS) is 20.8. The van der Waals surface area contributed by atoms with Crippen molar-refractivity contribution < 1.29 is 9.18 Å². The third-order valence-electron chi connectivity index (χ3n) is 3.36. The summed E-state index contributed by atoms with van der Waals surface area (Å²) >= 11 is 6.15. The van der Waals surface area contributed by atoms with Crippen molar-refractivity contribution >= 4 is 28.5 Å². The van der Waals surface area contributed by atoms with Crippen molar-refractivity contribution in [3.05, 3.63) is 29.8 Å². The average molecular weight is 282 g/mol. The van der Waals surface area contributed by atoms with E-state index in [4.69, 9.17) is 11.6 Å². The summed E-state index contributed by atoms with van der Waals surface area (Å²) in [5, 5.41) is 2.50. The molecule has 1 fully saturated rings. The van der Waals surface area contributed by atoms with Gasteiger partial charge in [0, 0.05) is 19.0 Å². The van der Waals surface area contributed by atoms with Gasteiger partial charge < -0.3 is 9.88 Å². The van der Waals surface area contributed by atoms with Gasteiger partial charge in [-0.1, -0.05) is 0 Å². The topological polar surface area (TPSA) is 46.9 Å². The number of benzene rings is 1. The number of rotatable bonds is 2. The summed E-state index contributed by atoms with van der Waals surface area (Å²) in [6, 6.07) is 4.45. The Morgan fingerprint density at radius 3 is 3.00 bits per heavy atom. The van der Waals surface area contributed by atoms with E-state index < -0.39 is 0 Å². The maximum atomic E-state index is 13.3. The summed E-state index contributed by atoms with van der Waals surface area (Å²) in [4.78, 5) is 15.8. The number of nitrogens with one attached hydrogen (secondary N) is 1. The average Bonchev–Trinajstić information content (AvgIpc) is 2.91. The quantitative estimate of drug-likeness (QED) is 0.860. The molecule has 1 aliphatic rings. The van der Waals surface area contributed by atoms with Gasteiger partial charge in [-0.2, -0.15) is 0 Å². The zero-order chi connectivity index (χ0) is 13.6. The third kappa shape index (κ3) is 2.08. The van der Waals surface area contributed by atoms with Crippen LogP contribution in [0.4, 0.5) is 4.39 Å². The van der Waals surface area contributed by atoms with Gasteiger partial charge in [-0.3, -0.25) is 4.79 Å². The fraction of sp³-hybridized carbons (Fsp3) is 0.385. The Morgan fingerprint density at radius 2 is 2.37 bits per heavy atom. The molecule has 0 aliphatic carbocycles. The molecule has 100 valence electrons. The zero-order valence-corrected chi connectivity index (χ0v) is 11.1. The van der Waals surface area contributed by atoms with E-state index in [-0.39, 0.29) is 23.1 Å². The number of nitrogens with zero attached hydrogens (tertiary/aromatic N) is 2. The monoisotopic (exact) mass is 281 g/mol. The second kappa shape index (κ2) is 4.49. The number of fused-ring (bicyclic) bond motifs is 1. The summed E-state index contributed by atoms with van der Waals surface area (Å²) in [7, 11) is 0. The van der Waals surface area contributed by atoms with Gasteiger partial charge in [-0.05, 0) is 19.1 Å². The molecule has 1 aliphatic heterocycles. The van der Waals surface area contributed by atoms with Crippen LogP contribution in [0, 0.1) is 5.82 Å². The fourth-order valence-electron chi connectivity index (χ4n) is 2.53. The van der Waals surface area contributed by atoms with E-state index in [9.17, 15) is 9.18 Å². The molecular weight excluding hydrogens is 269 g/mol. The van der Waals surface area contributed by atoms with Crippen molar-refractivity contribution in [1.82, 2.24) is 14.9 Å². The van der Waals surface area contributed by atoms with E-state index in [2.05, 4.69) is 10.3 Å². The minimum absolute atomic E-state index is 0.0147. The Bertz CT molecular complexity index is 653. The Hall–Kier alpha value is -1.62. The van der Waals surface area contributed by atoms with Gasteiger partial charge in [0.15, 0.2) is 0 Å². The standard InChI is InChI=1S/C13H13ClFN3O/c1-7(14)13-17-10-4-8(15)2-3-11(10)18(13)9-5-12(19)16-6-9/h2-4,7,9H,5-6H2,1H3,(H,16,19). The molecule has 0 spiro atoms. The Kier molecular flexibility index (Phi) is 2.93. The molecule has 1 aromatic carbocycles. The first-order chi connectivity index (χ1) is 9.06. The predicted molar refractivity (Wildman–Crippen MR) is 70.6 cm³/mol. The Balaban J connectivity index is 2.19. The number of alkyl halides is 1. The van der Waals surface area contributed by atoms with Gasteiger partial charge in [0.2, 0.25) is 5.91 Å². The van der Waals surface area contributed by atoms with E-state index >= 15 is 0 Å². The van der Waals surface area contributed by atoms with Crippen LogP contribution >= 0.6 is 11.6 Å². The smallest absolute Gasteiger partial charge is 0.222 e. The van der Waals surface area contributed by atoms with E-state index in [1.54, 1.807) is 6.07 Å². The fourth-order valence-corrected chi connectivity index (χ4v) is 2.68. The highest BCUT2D eigenvalue weighted by molar-refractivity contribution is 6.20. The maximum Gasteiger partial charge on any atom is 0.222 e. The minimum atomic E-state index is -0.327. The summed E-state index contributed by atoms with van der Waals surface area (Å²) in [5.74, 6) is 0.359. The molecule has 2 atom stereocenters. The van der Waals surface area contributed by atoms with Gasteiger partial charge in [0.05, 0.1) is 22.5 Å². The van der Waals surface area contributed by atoms with Gasteiger partial charge in [0.25, 0.3) is 0 Å². The summed E-state index contributed by atoms with van der Waals surface area (Å²) in [6.45, 7) is 2.37. The van der Waals surface area contributed by atoms with Crippen molar-refractivity contribution in [2.24, 2.45) is 0 Å². The summed E-state index contributed by atoms with van der Waals surface area (Å²) in [5.41, 5.74) is 1.38. The first-order valence-electron chi connectivity index (χ1n) is 6.14. The largest absolute Gasteiger partial charge is 0.354 e. The molecule has 6 heteroatoms. The summed E-state index contributed by atoms with van der Waals surface area (Å²) in [6.07, 6.45) is 0.402. The number of carbonyl (C=O) groups excluding carboxylic acids is 1. The van der Waals surface area contributed by atoms with E-state index in [0.29, 0.717) is 24.3 Å². The first-order valence-corrected chi connectivity index (χ1v) is 6.58. The molecule has 1 N–H and O–H groups in total. The number of carbonyl (C=O) groups is 1. The molecule has 3 rings (SSSR count). The molecule has 0 bridgehead atoms. The lowest BCUT2D eigenvalue weighted by molar-refractivity contribution is -0.119. The number of imidazole rings is 1. The van der Waals surface area contributed by atoms with Crippen LogP contribution in [0.1, 0.15) is 30.6 Å². The highest BCUT2D eigenvalue weighted by Gasteiger charge is 2.28. The van der Waals surface area contributed by atoms with E-state index in [1.165, 1.54) is 12.1 Å². The zero-order valence-electron chi connectivity index (χ0n) is 10.4. The molecule has 2 aromatic rings. The SMILES string of the molecule is CC(Cl)c1nc2cc(F)ccc2n1C1CNC(=O)C1. The molecule has 19 heavy (non-hydrogen) atoms. The Labute approximate surface area is 114 Å². The van der Waals surface area contributed by atoms with Gasteiger partial charge in [-0.25, -0.2) is 9.37 Å². The van der Waals surface area contributed by atoms with Crippen molar-refractivity contribution in [3.8, 4) is 0 Å². The number of hydrogen-bond acceptors (Lipinski definition) is 2. The number of hydrogen-bond donors (Lipinski definition) is 1. The van der Waals surface area contributed by atoms with Crippen molar-refractivity contribution in [3.63, 3.8) is 0 Å². The number of amides is 1. The molecule has 1 aromatic heterocycles. The third-order valence-corrected chi connectivity index (χ3v) is 3.55. The van der Waals surface area contributed by atoms with E-state index in [0.717, 1.165) is 5.52 Å². The second-order valence-corrected chi connectivity index (χ2v) is 5.41. The highest BCUT2D eigenvalue weighted by Crippen LogP contribution is 2.30. The van der Waals surface area contributed by atoms with E-state index in [1.807, 2.05) is 11.5 Å². The molecule has 0 saturated carbocycles. The van der Waals surface area contributed by atoms with Crippen LogP contribution in [0.15, 0.2) is 18.2 Å². The van der Waals surface area contributed by atoms with Crippen LogP contribution in [0.3, 0.4) is 0 Å². The number of aromatic nitrogens is 2. The summed E-state index contributed by atoms with van der Waals surface area (Å²) < 4.78 is 15.2. The van der Waals surface area contributed by atoms with Crippen molar-refractivity contribution in [2.75, 3.05) is 6.54 Å². The predicted octanol–water partition coefficient (Wildman–Crippen LogP) is 2.54. The lowest BCUT2D eigenvalue weighted by atomic mass is 10.2. The minimum Gasteiger partial charge on any atom is -0.354 e. The molecule has 2 unspecified atom stereocenters. The van der Waals surface area contributed by atoms with Crippen LogP contribution in [-0.4, -0.2) is 22.0 Å². The maximum absolute atomic E-state index is 13.3. The van der Waals surface area contributed by atoms with Crippen LogP contribution in [0.25, 0.3) is 11.0 Å². The Morgan fingerprint density at radius 1 is 1.58 bits per heavy atom. The van der Waals surface area contributed by atoms with Crippen LogP contribution in [0.5, 0.6) is 0 Å². The van der Waals surface area contributed by atoms with Crippen LogP contribution in [0.2, 0.25) is 0 Å². The van der Waals surface area contributed by atoms with Crippen LogP contribution in [-0.2, 0) is 4.79 Å². The first kappa shape index (κ1) is 12.4. The molecule has 1 saturated heterocycles. The molecule has 4 nitrogen and oxygen atoms in total. The van der Waals surface area contributed by atoms with Crippen molar-refractivity contribution in [1.29, 1.82) is 0 Å². The number of halogens is 2. The highest BCUT2D eigenvalue weighted by atomic mass is 35.5. The molecule has 0 radical (unpaired) electrons. The van der Waals surface area contributed by atoms with Gasteiger partial charge in [0.1, 0.15) is 11.6 Å². The van der Waals surface area contributed by atoms with Gasteiger partial charge in [-0.15, -0.1) is 11.6 Å². The lowest BCUT2D eigenvalue weighted by Gasteiger charge is -2.15. The lowest BCUT2D eigenvalue weighted by Crippen LogP contribution is -2.17. The van der Waals surface area contributed by atoms with Crippen LogP contribution < -0.4 is 5.32 Å². The van der Waals surface area contributed by atoms with Gasteiger partial charge >= 0.3 is 0 Å².